The first-order chi connectivity index (χ1) is 9.13. The molecule has 2 rings (SSSR count). The molecule has 0 aliphatic carbocycles. The van der Waals surface area contributed by atoms with Gasteiger partial charge < -0.3 is 15.5 Å². The molecule has 1 fully saturated rings. The highest BCUT2D eigenvalue weighted by molar-refractivity contribution is 5.40. The lowest BCUT2D eigenvalue weighted by Gasteiger charge is -2.40. The van der Waals surface area contributed by atoms with E-state index in [0.717, 1.165) is 18.7 Å². The Balaban J connectivity index is 2.18. The first-order valence-electron chi connectivity index (χ1n) is 7.05. The van der Waals surface area contributed by atoms with Crippen LogP contribution in [-0.4, -0.2) is 41.3 Å². The van der Waals surface area contributed by atoms with Crippen LogP contribution in [0.15, 0.2) is 18.2 Å². The molecule has 1 aliphatic rings. The maximum absolute atomic E-state index is 10.0. The molecule has 1 aromatic rings. The monoisotopic (exact) mass is 264 g/mol. The molecule has 1 aliphatic heterocycles. The van der Waals surface area contributed by atoms with E-state index >= 15 is 0 Å². The molecule has 1 saturated heterocycles. The lowest BCUT2D eigenvalue weighted by Crippen LogP contribution is -2.45. The summed E-state index contributed by atoms with van der Waals surface area (Å²) in [4.78, 5) is 2.45. The van der Waals surface area contributed by atoms with E-state index in [1.54, 1.807) is 6.07 Å². The summed E-state index contributed by atoms with van der Waals surface area (Å²) in [6.45, 7) is 4.16. The summed E-state index contributed by atoms with van der Waals surface area (Å²) < 4.78 is 0. The number of rotatable bonds is 4. The molecule has 19 heavy (non-hydrogen) atoms. The van der Waals surface area contributed by atoms with Crippen LogP contribution < -0.4 is 5.32 Å². The van der Waals surface area contributed by atoms with Crippen molar-refractivity contribution in [1.29, 1.82) is 0 Å². The van der Waals surface area contributed by atoms with Crippen molar-refractivity contribution in [2.24, 2.45) is 0 Å². The molecule has 2 atom stereocenters. The Kier molecular flexibility index (Phi) is 4.66. The number of likely N-dealkylation sites (N-methyl/N-ethyl adjacent to an activating group) is 1. The Labute approximate surface area is 115 Å². The van der Waals surface area contributed by atoms with Gasteiger partial charge in [0.15, 0.2) is 0 Å². The predicted molar refractivity (Wildman–Crippen MR) is 76.5 cm³/mol. The average Bonchev–Trinajstić information content (AvgIpc) is 2.39. The Hall–Kier alpha value is -1.26. The normalized spacial score (nSPS) is 22.3. The van der Waals surface area contributed by atoms with Crippen LogP contribution in [0, 0.1) is 0 Å². The molecule has 1 heterocycles. The number of piperidine rings is 1. The SMILES string of the molecule is CNCC1CCCCN1C(C)c1ccc(O)cc1O. The zero-order valence-electron chi connectivity index (χ0n) is 11.8. The van der Waals surface area contributed by atoms with Gasteiger partial charge in [-0.2, -0.15) is 0 Å². The van der Waals surface area contributed by atoms with Crippen molar-refractivity contribution in [1.82, 2.24) is 10.2 Å². The molecule has 4 heteroatoms. The third kappa shape index (κ3) is 3.19. The third-order valence-corrected chi connectivity index (χ3v) is 4.07. The number of likely N-dealkylation sites (tertiary alicyclic amines) is 1. The molecular formula is C15H24N2O2. The highest BCUT2D eigenvalue weighted by atomic mass is 16.3. The smallest absolute Gasteiger partial charge is 0.124 e. The Bertz CT molecular complexity index is 421. The fourth-order valence-corrected chi connectivity index (χ4v) is 3.05. The van der Waals surface area contributed by atoms with E-state index in [4.69, 9.17) is 0 Å². The van der Waals surface area contributed by atoms with Crippen molar-refractivity contribution in [3.05, 3.63) is 23.8 Å². The van der Waals surface area contributed by atoms with E-state index in [0.29, 0.717) is 6.04 Å². The minimum atomic E-state index is 0.110. The number of hydrogen-bond acceptors (Lipinski definition) is 4. The van der Waals surface area contributed by atoms with Crippen LogP contribution in [0.25, 0.3) is 0 Å². The summed E-state index contributed by atoms with van der Waals surface area (Å²) in [5, 5.41) is 22.6. The highest BCUT2D eigenvalue weighted by Crippen LogP contribution is 2.34. The number of phenols is 2. The number of aromatic hydroxyl groups is 2. The molecule has 106 valence electrons. The summed E-state index contributed by atoms with van der Waals surface area (Å²) in [6, 6.07) is 5.56. The Morgan fingerprint density at radius 1 is 1.37 bits per heavy atom. The van der Waals surface area contributed by atoms with Crippen LogP contribution in [0.5, 0.6) is 11.5 Å². The van der Waals surface area contributed by atoms with Crippen molar-refractivity contribution < 1.29 is 10.2 Å². The molecular weight excluding hydrogens is 240 g/mol. The molecule has 4 nitrogen and oxygen atoms in total. The second-order valence-corrected chi connectivity index (χ2v) is 5.36. The zero-order chi connectivity index (χ0) is 13.8. The molecule has 0 radical (unpaired) electrons. The summed E-state index contributed by atoms with van der Waals surface area (Å²) in [7, 11) is 1.98. The van der Waals surface area contributed by atoms with Gasteiger partial charge in [0.25, 0.3) is 0 Å². The van der Waals surface area contributed by atoms with Gasteiger partial charge in [0.05, 0.1) is 0 Å². The fraction of sp³-hybridized carbons (Fsp3) is 0.600. The second-order valence-electron chi connectivity index (χ2n) is 5.36. The van der Waals surface area contributed by atoms with E-state index in [2.05, 4.69) is 17.1 Å². The van der Waals surface area contributed by atoms with Gasteiger partial charge in [0.1, 0.15) is 11.5 Å². The van der Waals surface area contributed by atoms with Crippen LogP contribution in [0.1, 0.15) is 37.8 Å². The highest BCUT2D eigenvalue weighted by Gasteiger charge is 2.28. The van der Waals surface area contributed by atoms with Crippen molar-refractivity contribution in [3.8, 4) is 11.5 Å². The zero-order valence-corrected chi connectivity index (χ0v) is 11.8. The summed E-state index contributed by atoms with van der Waals surface area (Å²) in [5.41, 5.74) is 0.890. The minimum Gasteiger partial charge on any atom is -0.508 e. The molecule has 1 aromatic carbocycles. The van der Waals surface area contributed by atoms with Crippen LogP contribution in [0.2, 0.25) is 0 Å². The second kappa shape index (κ2) is 6.26. The van der Waals surface area contributed by atoms with Crippen molar-refractivity contribution in [2.75, 3.05) is 20.1 Å². The van der Waals surface area contributed by atoms with Gasteiger partial charge in [-0.25, -0.2) is 0 Å². The van der Waals surface area contributed by atoms with E-state index < -0.39 is 0 Å². The van der Waals surface area contributed by atoms with Crippen molar-refractivity contribution in [2.45, 2.75) is 38.3 Å². The number of phenolic OH excluding ortho intramolecular Hbond substituents is 2. The Morgan fingerprint density at radius 2 is 2.16 bits per heavy atom. The number of hydrogen-bond donors (Lipinski definition) is 3. The van der Waals surface area contributed by atoms with Gasteiger partial charge in [-0.3, -0.25) is 4.90 Å². The van der Waals surface area contributed by atoms with Gasteiger partial charge in [0.2, 0.25) is 0 Å². The van der Waals surface area contributed by atoms with Gasteiger partial charge in [-0.15, -0.1) is 0 Å². The van der Waals surface area contributed by atoms with Crippen LogP contribution in [-0.2, 0) is 0 Å². The summed E-state index contributed by atoms with van der Waals surface area (Å²) in [6.07, 6.45) is 3.69. The minimum absolute atomic E-state index is 0.110. The van der Waals surface area contributed by atoms with Crippen LogP contribution in [0.4, 0.5) is 0 Å². The summed E-state index contributed by atoms with van der Waals surface area (Å²) >= 11 is 0. The topological polar surface area (TPSA) is 55.7 Å². The molecule has 3 N–H and O–H groups in total. The number of benzene rings is 1. The first-order valence-corrected chi connectivity index (χ1v) is 7.05. The largest absolute Gasteiger partial charge is 0.508 e. The van der Waals surface area contributed by atoms with Crippen molar-refractivity contribution >= 4 is 0 Å². The van der Waals surface area contributed by atoms with Crippen LogP contribution in [0.3, 0.4) is 0 Å². The third-order valence-electron chi connectivity index (χ3n) is 4.07. The number of nitrogens with zero attached hydrogens (tertiary/aromatic N) is 1. The first kappa shape index (κ1) is 14.2. The maximum atomic E-state index is 10.0. The standard InChI is InChI=1S/C15H24N2O2/c1-11(14-7-6-13(18)9-15(14)19)17-8-4-3-5-12(17)10-16-2/h6-7,9,11-12,16,18-19H,3-5,8,10H2,1-2H3. The molecule has 0 saturated carbocycles. The van der Waals surface area contributed by atoms with E-state index in [-0.39, 0.29) is 17.5 Å². The predicted octanol–water partition coefficient (Wildman–Crippen LogP) is 2.23. The quantitative estimate of drug-likeness (QED) is 0.780. The molecule has 0 spiro atoms. The van der Waals surface area contributed by atoms with Crippen LogP contribution >= 0.6 is 0 Å². The summed E-state index contributed by atoms with van der Waals surface area (Å²) in [5.74, 6) is 0.292. The van der Waals surface area contributed by atoms with Gasteiger partial charge in [-0.05, 0) is 39.4 Å². The lowest BCUT2D eigenvalue weighted by atomic mass is 9.96. The van der Waals surface area contributed by atoms with E-state index in [1.165, 1.54) is 25.3 Å². The van der Waals surface area contributed by atoms with E-state index in [9.17, 15) is 10.2 Å². The lowest BCUT2D eigenvalue weighted by molar-refractivity contribution is 0.102. The van der Waals surface area contributed by atoms with E-state index in [1.807, 2.05) is 13.1 Å². The molecule has 0 aromatic heterocycles. The molecule has 2 unspecified atom stereocenters. The average molecular weight is 264 g/mol. The van der Waals surface area contributed by atoms with Gasteiger partial charge in [0, 0.05) is 30.3 Å². The van der Waals surface area contributed by atoms with Crippen molar-refractivity contribution in [3.63, 3.8) is 0 Å². The van der Waals surface area contributed by atoms with Gasteiger partial charge >= 0.3 is 0 Å². The van der Waals surface area contributed by atoms with Gasteiger partial charge in [-0.1, -0.05) is 12.5 Å². The Morgan fingerprint density at radius 3 is 2.84 bits per heavy atom. The molecule has 0 bridgehead atoms. The molecule has 0 amide bonds. The fourth-order valence-electron chi connectivity index (χ4n) is 3.05. The number of nitrogens with one attached hydrogen (secondary N) is 1. The maximum Gasteiger partial charge on any atom is 0.124 e.